The minimum atomic E-state index is -0.0311. The molecule has 2 aromatic rings. The average Bonchev–Trinajstić information content (AvgIpc) is 2.99. The number of carbonyl (C=O) groups excluding carboxylic acids is 1. The first-order valence-corrected chi connectivity index (χ1v) is 8.43. The van der Waals surface area contributed by atoms with Crippen molar-refractivity contribution in [2.75, 3.05) is 20.2 Å². The Kier molecular flexibility index (Phi) is 3.88. The van der Waals surface area contributed by atoms with E-state index in [4.69, 9.17) is 9.26 Å². The number of nitrogens with one attached hydrogen (secondary N) is 1. The molecule has 2 aliphatic rings. The van der Waals surface area contributed by atoms with Gasteiger partial charge < -0.3 is 14.2 Å². The Morgan fingerprint density at radius 2 is 2.25 bits per heavy atom. The second-order valence-corrected chi connectivity index (χ2v) is 6.87. The number of amides is 1. The van der Waals surface area contributed by atoms with Crippen LogP contribution in [0, 0.1) is 12.8 Å². The molecule has 1 N–H and O–H groups in total. The van der Waals surface area contributed by atoms with E-state index in [0.29, 0.717) is 24.7 Å². The lowest BCUT2D eigenvalue weighted by Crippen LogP contribution is -2.30. The summed E-state index contributed by atoms with van der Waals surface area (Å²) in [5.41, 5.74) is 2.45. The fraction of sp³-hybridized carbons (Fsp3) is 0.588. The zero-order chi connectivity index (χ0) is 16.7. The predicted octanol–water partition coefficient (Wildman–Crippen LogP) is 1.91. The predicted molar refractivity (Wildman–Crippen MR) is 85.7 cm³/mol. The normalized spacial score (nSPS) is 23.8. The molecule has 2 atom stereocenters. The molecule has 0 bridgehead atoms. The molecular formula is C17H22N4O3. The maximum absolute atomic E-state index is 12.7. The van der Waals surface area contributed by atoms with Crippen molar-refractivity contribution in [1.29, 1.82) is 0 Å². The Balaban J connectivity index is 1.44. The van der Waals surface area contributed by atoms with Crippen LogP contribution in [0.4, 0.5) is 0 Å². The molecule has 2 fully saturated rings. The number of H-pyrrole nitrogens is 1. The number of methoxy groups -OCH3 is 1. The van der Waals surface area contributed by atoms with Crippen LogP contribution >= 0.6 is 0 Å². The molecule has 7 heteroatoms. The highest BCUT2D eigenvalue weighted by Crippen LogP contribution is 2.39. The average molecular weight is 330 g/mol. The molecule has 2 aromatic heterocycles. The Morgan fingerprint density at radius 3 is 2.92 bits per heavy atom. The van der Waals surface area contributed by atoms with Gasteiger partial charge >= 0.3 is 0 Å². The molecule has 0 unspecified atom stereocenters. The maximum atomic E-state index is 12.7. The summed E-state index contributed by atoms with van der Waals surface area (Å²) in [6.45, 7) is 3.13. The molecule has 7 nitrogen and oxygen atoms in total. The van der Waals surface area contributed by atoms with Crippen LogP contribution in [0.3, 0.4) is 0 Å². The molecule has 0 radical (unpaired) electrons. The van der Waals surface area contributed by atoms with E-state index in [0.717, 1.165) is 23.6 Å². The van der Waals surface area contributed by atoms with Crippen LogP contribution in [0.25, 0.3) is 0 Å². The summed E-state index contributed by atoms with van der Waals surface area (Å²) < 4.78 is 10.9. The van der Waals surface area contributed by atoms with Gasteiger partial charge in [-0.3, -0.25) is 9.89 Å². The summed E-state index contributed by atoms with van der Waals surface area (Å²) >= 11 is 0. The van der Waals surface area contributed by atoms with Gasteiger partial charge in [-0.1, -0.05) is 5.16 Å². The summed E-state index contributed by atoms with van der Waals surface area (Å²) in [7, 11) is 1.69. The standard InChI is InChI=1S/C17H22N4O3/c1-10-5-13(24-20-10)6-12-8-21(9-16(12)23-2)17(22)15-7-14(18-19-15)11-3-4-11/h5,7,11-12,16H,3-4,6,8-9H2,1-2H3,(H,18,19)/t12-,16+/m1/s1. The number of aromatic nitrogens is 3. The molecule has 0 aromatic carbocycles. The highest BCUT2D eigenvalue weighted by Gasteiger charge is 2.37. The van der Waals surface area contributed by atoms with Gasteiger partial charge in [0.05, 0.1) is 11.8 Å². The lowest BCUT2D eigenvalue weighted by molar-refractivity contribution is 0.0669. The summed E-state index contributed by atoms with van der Waals surface area (Å²) in [6, 6.07) is 3.84. The number of hydrogen-bond acceptors (Lipinski definition) is 5. The largest absolute Gasteiger partial charge is 0.379 e. The lowest BCUT2D eigenvalue weighted by Gasteiger charge is -2.14. The Bertz CT molecular complexity index is 734. The third kappa shape index (κ3) is 2.96. The Hall–Kier alpha value is -2.15. The van der Waals surface area contributed by atoms with Crippen molar-refractivity contribution in [1.82, 2.24) is 20.3 Å². The van der Waals surface area contributed by atoms with Gasteiger partial charge in [-0.25, -0.2) is 0 Å². The Morgan fingerprint density at radius 1 is 1.42 bits per heavy atom. The van der Waals surface area contributed by atoms with Crippen LogP contribution < -0.4 is 0 Å². The van der Waals surface area contributed by atoms with Gasteiger partial charge in [0.2, 0.25) is 0 Å². The third-order valence-electron chi connectivity index (χ3n) is 4.95. The van der Waals surface area contributed by atoms with Gasteiger partial charge in [0.25, 0.3) is 5.91 Å². The van der Waals surface area contributed by atoms with E-state index in [1.807, 2.05) is 24.0 Å². The number of hydrogen-bond donors (Lipinski definition) is 1. The quantitative estimate of drug-likeness (QED) is 0.905. The van der Waals surface area contributed by atoms with Crippen molar-refractivity contribution in [2.45, 2.75) is 38.2 Å². The maximum Gasteiger partial charge on any atom is 0.274 e. The molecule has 1 saturated heterocycles. The molecule has 3 heterocycles. The molecular weight excluding hydrogens is 308 g/mol. The highest BCUT2D eigenvalue weighted by molar-refractivity contribution is 5.92. The van der Waals surface area contributed by atoms with E-state index < -0.39 is 0 Å². The SMILES string of the molecule is CO[C@H]1CN(C(=O)c2cc(C3CC3)[nH]n2)C[C@H]1Cc1cc(C)no1. The van der Waals surface area contributed by atoms with Crippen LogP contribution in [-0.2, 0) is 11.2 Å². The molecule has 1 aliphatic heterocycles. The molecule has 0 spiro atoms. The summed E-state index contributed by atoms with van der Waals surface area (Å²) in [5.74, 6) is 1.57. The molecule has 128 valence electrons. The van der Waals surface area contributed by atoms with Crippen molar-refractivity contribution in [3.8, 4) is 0 Å². The molecule has 4 rings (SSSR count). The second-order valence-electron chi connectivity index (χ2n) is 6.87. The van der Waals surface area contributed by atoms with Crippen LogP contribution in [-0.4, -0.2) is 52.5 Å². The number of aromatic amines is 1. The second kappa shape index (κ2) is 6.05. The van der Waals surface area contributed by atoms with E-state index in [1.54, 1.807) is 7.11 Å². The molecule has 24 heavy (non-hydrogen) atoms. The zero-order valence-electron chi connectivity index (χ0n) is 14.0. The first-order valence-electron chi connectivity index (χ1n) is 8.43. The summed E-state index contributed by atoms with van der Waals surface area (Å²) in [5, 5.41) is 11.1. The van der Waals surface area contributed by atoms with Crippen molar-refractivity contribution in [2.24, 2.45) is 5.92 Å². The molecule has 1 amide bonds. The van der Waals surface area contributed by atoms with Gasteiger partial charge in [0.15, 0.2) is 0 Å². The van der Waals surface area contributed by atoms with Gasteiger partial charge in [-0.05, 0) is 25.8 Å². The van der Waals surface area contributed by atoms with Crippen molar-refractivity contribution in [3.05, 3.63) is 35.0 Å². The number of rotatable bonds is 5. The van der Waals surface area contributed by atoms with Crippen LogP contribution in [0.15, 0.2) is 16.7 Å². The highest BCUT2D eigenvalue weighted by atomic mass is 16.5. The topological polar surface area (TPSA) is 84.2 Å². The fourth-order valence-electron chi connectivity index (χ4n) is 3.45. The van der Waals surface area contributed by atoms with Crippen LogP contribution in [0.2, 0.25) is 0 Å². The van der Waals surface area contributed by atoms with E-state index >= 15 is 0 Å². The first-order chi connectivity index (χ1) is 11.6. The van der Waals surface area contributed by atoms with E-state index in [2.05, 4.69) is 15.4 Å². The first kappa shape index (κ1) is 15.4. The van der Waals surface area contributed by atoms with Gasteiger partial charge in [-0.15, -0.1) is 0 Å². The van der Waals surface area contributed by atoms with Crippen molar-refractivity contribution >= 4 is 5.91 Å². The van der Waals surface area contributed by atoms with Crippen LogP contribution in [0.5, 0.6) is 0 Å². The number of likely N-dealkylation sites (tertiary alicyclic amines) is 1. The smallest absolute Gasteiger partial charge is 0.274 e. The third-order valence-corrected chi connectivity index (χ3v) is 4.95. The van der Waals surface area contributed by atoms with E-state index in [9.17, 15) is 4.79 Å². The van der Waals surface area contributed by atoms with E-state index in [-0.39, 0.29) is 17.9 Å². The van der Waals surface area contributed by atoms with E-state index in [1.165, 1.54) is 12.8 Å². The zero-order valence-corrected chi connectivity index (χ0v) is 14.0. The van der Waals surface area contributed by atoms with Crippen molar-refractivity contribution in [3.63, 3.8) is 0 Å². The Labute approximate surface area is 140 Å². The number of nitrogens with zero attached hydrogens (tertiary/aromatic N) is 3. The minimum Gasteiger partial charge on any atom is -0.379 e. The lowest BCUT2D eigenvalue weighted by atomic mass is 10.0. The van der Waals surface area contributed by atoms with Gasteiger partial charge in [0.1, 0.15) is 11.5 Å². The van der Waals surface area contributed by atoms with Crippen LogP contribution in [0.1, 0.15) is 46.4 Å². The summed E-state index contributed by atoms with van der Waals surface area (Å²) in [4.78, 5) is 14.5. The number of aryl methyl sites for hydroxylation is 1. The number of carbonyl (C=O) groups is 1. The fourth-order valence-corrected chi connectivity index (χ4v) is 3.45. The number of ether oxygens (including phenoxy) is 1. The van der Waals surface area contributed by atoms with Gasteiger partial charge in [-0.2, -0.15) is 5.10 Å². The molecule has 1 saturated carbocycles. The molecule has 1 aliphatic carbocycles. The van der Waals surface area contributed by atoms with Crippen molar-refractivity contribution < 1.29 is 14.1 Å². The minimum absolute atomic E-state index is 0.00111. The summed E-state index contributed by atoms with van der Waals surface area (Å²) in [6.07, 6.45) is 3.09. The monoisotopic (exact) mass is 330 g/mol. The van der Waals surface area contributed by atoms with Gasteiger partial charge in [0, 0.05) is 50.2 Å².